The minimum Gasteiger partial charge on any atom is -0.377 e. The van der Waals surface area contributed by atoms with Gasteiger partial charge in [-0.25, -0.2) is 4.39 Å². The van der Waals surface area contributed by atoms with E-state index < -0.39 is 11.7 Å². The summed E-state index contributed by atoms with van der Waals surface area (Å²) in [5, 5.41) is 11.4. The van der Waals surface area contributed by atoms with E-state index in [0.29, 0.717) is 16.7 Å². The van der Waals surface area contributed by atoms with Gasteiger partial charge in [-0.3, -0.25) is 9.59 Å². The smallest absolute Gasteiger partial charge is 0.231 e. The summed E-state index contributed by atoms with van der Waals surface area (Å²) < 4.78 is 18.8. The molecule has 1 aromatic heterocycles. The van der Waals surface area contributed by atoms with Crippen LogP contribution in [0.25, 0.3) is 0 Å². The van der Waals surface area contributed by atoms with Gasteiger partial charge >= 0.3 is 0 Å². The van der Waals surface area contributed by atoms with Gasteiger partial charge in [-0.1, -0.05) is 23.5 Å². The van der Waals surface area contributed by atoms with E-state index in [2.05, 4.69) is 15.5 Å². The van der Waals surface area contributed by atoms with E-state index in [-0.39, 0.29) is 30.5 Å². The van der Waals surface area contributed by atoms with E-state index in [1.165, 1.54) is 28.4 Å². The zero-order valence-corrected chi connectivity index (χ0v) is 13.7. The molecule has 2 heterocycles. The van der Waals surface area contributed by atoms with Crippen molar-refractivity contribution in [2.45, 2.75) is 13.0 Å². The maximum atomic E-state index is 13.8. The maximum Gasteiger partial charge on any atom is 0.231 e. The fourth-order valence-corrected chi connectivity index (χ4v) is 3.19. The first kappa shape index (κ1) is 16.5. The van der Waals surface area contributed by atoms with E-state index in [0.717, 1.165) is 0 Å². The Kier molecular flexibility index (Phi) is 4.81. The monoisotopic (exact) mass is 350 g/mol. The van der Waals surface area contributed by atoms with Gasteiger partial charge in [-0.15, -0.1) is 10.2 Å². The first-order chi connectivity index (χ1) is 11.6. The van der Waals surface area contributed by atoms with Crippen LogP contribution in [0.1, 0.15) is 11.4 Å². The van der Waals surface area contributed by atoms with E-state index in [1.54, 1.807) is 19.2 Å². The molecule has 1 aliphatic rings. The van der Waals surface area contributed by atoms with Gasteiger partial charge in [0.1, 0.15) is 17.4 Å². The number of hydrogen-bond donors (Lipinski definition) is 1. The summed E-state index contributed by atoms with van der Waals surface area (Å²) in [6.07, 6.45) is 0.0316. The van der Waals surface area contributed by atoms with Crippen molar-refractivity contribution in [3.05, 3.63) is 35.1 Å². The predicted octanol–water partition coefficient (Wildman–Crippen LogP) is 1.82. The zero-order chi connectivity index (χ0) is 17.1. The van der Waals surface area contributed by atoms with Crippen LogP contribution in [0.3, 0.4) is 0 Å². The van der Waals surface area contributed by atoms with Gasteiger partial charge in [0.05, 0.1) is 11.6 Å². The quantitative estimate of drug-likeness (QED) is 0.889. The number of hydrogen-bond acceptors (Lipinski definition) is 6. The van der Waals surface area contributed by atoms with Crippen LogP contribution in [0.2, 0.25) is 0 Å². The molecule has 0 saturated carbocycles. The van der Waals surface area contributed by atoms with Crippen LogP contribution in [-0.4, -0.2) is 35.7 Å². The Labute approximate surface area is 141 Å². The SMILES string of the molecule is COCc1nnc(NC(=O)C2CC(=O)N(c3ccccc3F)C2)s1. The van der Waals surface area contributed by atoms with E-state index >= 15 is 0 Å². The summed E-state index contributed by atoms with van der Waals surface area (Å²) in [5.41, 5.74) is 0.191. The highest BCUT2D eigenvalue weighted by atomic mass is 32.1. The summed E-state index contributed by atoms with van der Waals surface area (Å²) in [5.74, 6) is -1.66. The lowest BCUT2D eigenvalue weighted by Gasteiger charge is -2.17. The zero-order valence-electron chi connectivity index (χ0n) is 12.9. The molecule has 1 unspecified atom stereocenters. The number of amides is 2. The number of aromatic nitrogens is 2. The Morgan fingerprint density at radius 2 is 2.25 bits per heavy atom. The third-order valence-corrected chi connectivity index (χ3v) is 4.42. The molecule has 1 fully saturated rings. The Hall–Kier alpha value is -2.39. The standard InChI is InChI=1S/C15H15FN4O3S/c1-23-8-12-18-19-15(24-12)17-14(22)9-6-13(21)20(7-9)11-5-3-2-4-10(11)16/h2-5,9H,6-8H2,1H3,(H,17,19,22). The third-order valence-electron chi connectivity index (χ3n) is 3.60. The van der Waals surface area contributed by atoms with Gasteiger partial charge in [-0.05, 0) is 12.1 Å². The summed E-state index contributed by atoms with van der Waals surface area (Å²) in [6, 6.07) is 6.01. The first-order valence-electron chi connectivity index (χ1n) is 7.25. The molecule has 126 valence electrons. The number of halogens is 1. The molecule has 0 aliphatic carbocycles. The number of rotatable bonds is 5. The van der Waals surface area contributed by atoms with Crippen LogP contribution >= 0.6 is 11.3 Å². The number of methoxy groups -OCH3 is 1. The molecular weight excluding hydrogens is 335 g/mol. The topological polar surface area (TPSA) is 84.4 Å². The molecule has 1 N–H and O–H groups in total. The van der Waals surface area contributed by atoms with Gasteiger partial charge < -0.3 is 15.0 Å². The van der Waals surface area contributed by atoms with Gasteiger partial charge in [0, 0.05) is 20.1 Å². The maximum absolute atomic E-state index is 13.8. The fourth-order valence-electron chi connectivity index (χ4n) is 2.48. The van der Waals surface area contributed by atoms with E-state index in [9.17, 15) is 14.0 Å². The lowest BCUT2D eigenvalue weighted by molar-refractivity contribution is -0.122. The average molecular weight is 350 g/mol. The number of carbonyl (C=O) groups is 2. The minimum atomic E-state index is -0.563. The lowest BCUT2D eigenvalue weighted by Crippen LogP contribution is -2.28. The molecule has 1 saturated heterocycles. The van der Waals surface area contributed by atoms with Crippen molar-refractivity contribution >= 4 is 34.0 Å². The van der Waals surface area contributed by atoms with Crippen molar-refractivity contribution < 1.29 is 18.7 Å². The summed E-state index contributed by atoms with van der Waals surface area (Å²) in [4.78, 5) is 25.7. The van der Waals surface area contributed by atoms with Crippen molar-refractivity contribution in [1.29, 1.82) is 0 Å². The van der Waals surface area contributed by atoms with E-state index in [4.69, 9.17) is 4.74 Å². The molecule has 1 aliphatic heterocycles. The van der Waals surface area contributed by atoms with Crippen molar-refractivity contribution in [3.63, 3.8) is 0 Å². The molecule has 2 aromatic rings. The molecule has 1 aromatic carbocycles. The van der Waals surface area contributed by atoms with Crippen LogP contribution in [0.5, 0.6) is 0 Å². The highest BCUT2D eigenvalue weighted by Crippen LogP contribution is 2.28. The van der Waals surface area contributed by atoms with Gasteiger partial charge in [-0.2, -0.15) is 0 Å². The third kappa shape index (κ3) is 3.41. The number of nitrogens with zero attached hydrogens (tertiary/aromatic N) is 3. The predicted molar refractivity (Wildman–Crippen MR) is 86.1 cm³/mol. The molecule has 2 amide bonds. The first-order valence-corrected chi connectivity index (χ1v) is 8.07. The Morgan fingerprint density at radius 1 is 1.46 bits per heavy atom. The molecule has 24 heavy (non-hydrogen) atoms. The average Bonchev–Trinajstić information content (AvgIpc) is 3.15. The van der Waals surface area contributed by atoms with Crippen molar-refractivity contribution in [2.24, 2.45) is 5.92 Å². The molecule has 3 rings (SSSR count). The Balaban J connectivity index is 1.66. The molecule has 1 atom stereocenters. The van der Waals surface area contributed by atoms with Gasteiger partial charge in [0.2, 0.25) is 16.9 Å². The molecule has 9 heteroatoms. The number of carbonyl (C=O) groups excluding carboxylic acids is 2. The summed E-state index contributed by atoms with van der Waals surface area (Å²) in [7, 11) is 1.54. The molecule has 0 bridgehead atoms. The normalized spacial score (nSPS) is 17.3. The van der Waals surface area contributed by atoms with Crippen LogP contribution < -0.4 is 10.2 Å². The van der Waals surface area contributed by atoms with Crippen molar-refractivity contribution in [3.8, 4) is 0 Å². The van der Waals surface area contributed by atoms with Crippen LogP contribution in [0.15, 0.2) is 24.3 Å². The molecule has 7 nitrogen and oxygen atoms in total. The number of benzene rings is 1. The van der Waals surface area contributed by atoms with Gasteiger partial charge in [0.15, 0.2) is 0 Å². The van der Waals surface area contributed by atoms with E-state index in [1.807, 2.05) is 0 Å². The van der Waals surface area contributed by atoms with Gasteiger partial charge in [0.25, 0.3) is 0 Å². The second-order valence-electron chi connectivity index (χ2n) is 5.28. The Bertz CT molecular complexity index is 767. The molecular formula is C15H15FN4O3S. The second kappa shape index (κ2) is 7.02. The Morgan fingerprint density at radius 3 is 3.00 bits per heavy atom. The fraction of sp³-hybridized carbons (Fsp3) is 0.333. The molecule has 0 spiro atoms. The number of para-hydroxylation sites is 1. The number of nitrogens with one attached hydrogen (secondary N) is 1. The van der Waals surface area contributed by atoms with Crippen molar-refractivity contribution in [2.75, 3.05) is 23.9 Å². The summed E-state index contributed by atoms with van der Waals surface area (Å²) >= 11 is 1.21. The van der Waals surface area contributed by atoms with Crippen LogP contribution in [0, 0.1) is 11.7 Å². The molecule has 0 radical (unpaired) electrons. The minimum absolute atomic E-state index is 0.0316. The highest BCUT2D eigenvalue weighted by molar-refractivity contribution is 7.15. The summed E-state index contributed by atoms with van der Waals surface area (Å²) in [6.45, 7) is 0.450. The van der Waals surface area contributed by atoms with Crippen LogP contribution in [-0.2, 0) is 20.9 Å². The largest absolute Gasteiger partial charge is 0.377 e. The number of anilines is 2. The lowest BCUT2D eigenvalue weighted by atomic mass is 10.1. The van der Waals surface area contributed by atoms with Crippen molar-refractivity contribution in [1.82, 2.24) is 10.2 Å². The van der Waals surface area contributed by atoms with Crippen LogP contribution in [0.4, 0.5) is 15.2 Å². The highest BCUT2D eigenvalue weighted by Gasteiger charge is 2.36. The number of ether oxygens (including phenoxy) is 1. The second-order valence-corrected chi connectivity index (χ2v) is 6.34.